The Balaban J connectivity index is 1.98. The Morgan fingerprint density at radius 1 is 1.27 bits per heavy atom. The molecule has 15 heavy (non-hydrogen) atoms. The largest absolute Gasteiger partial charge is 0.315 e. The lowest BCUT2D eigenvalue weighted by Gasteiger charge is -2.18. The van der Waals surface area contributed by atoms with Crippen LogP contribution in [0.4, 0.5) is 0 Å². The van der Waals surface area contributed by atoms with Crippen molar-refractivity contribution in [2.75, 3.05) is 26.2 Å². The molecule has 4 nitrogen and oxygen atoms in total. The molecule has 1 aromatic heterocycles. The van der Waals surface area contributed by atoms with Crippen LogP contribution >= 0.6 is 11.6 Å². The van der Waals surface area contributed by atoms with E-state index in [2.05, 4.69) is 20.2 Å². The van der Waals surface area contributed by atoms with Crippen molar-refractivity contribution >= 4 is 11.6 Å². The first kappa shape index (κ1) is 10.8. The summed E-state index contributed by atoms with van der Waals surface area (Å²) in [6.45, 7) is 5.09. The van der Waals surface area contributed by atoms with E-state index in [0.717, 1.165) is 38.4 Å². The van der Waals surface area contributed by atoms with Gasteiger partial charge in [-0.2, -0.15) is 0 Å². The predicted octanol–water partition coefficient (Wildman–Crippen LogP) is 0.925. The van der Waals surface area contributed by atoms with E-state index >= 15 is 0 Å². The van der Waals surface area contributed by atoms with Crippen LogP contribution in [0.15, 0.2) is 12.4 Å². The Morgan fingerprint density at radius 3 is 3.00 bits per heavy atom. The second kappa shape index (κ2) is 5.39. The summed E-state index contributed by atoms with van der Waals surface area (Å²) < 4.78 is 0. The standard InChI is InChI=1S/C10H15ClN4/c11-10-9(13-3-4-14-10)8-15-6-1-2-12-5-7-15/h3-4,12H,1-2,5-8H2. The summed E-state index contributed by atoms with van der Waals surface area (Å²) in [5.41, 5.74) is 0.876. The van der Waals surface area contributed by atoms with Crippen molar-refractivity contribution < 1.29 is 0 Å². The van der Waals surface area contributed by atoms with Crippen molar-refractivity contribution in [2.24, 2.45) is 0 Å². The lowest BCUT2D eigenvalue weighted by Crippen LogP contribution is -2.28. The van der Waals surface area contributed by atoms with E-state index in [1.807, 2.05) is 0 Å². The Kier molecular flexibility index (Phi) is 3.88. The van der Waals surface area contributed by atoms with E-state index in [4.69, 9.17) is 11.6 Å². The van der Waals surface area contributed by atoms with Crippen molar-refractivity contribution in [2.45, 2.75) is 13.0 Å². The lowest BCUT2D eigenvalue weighted by molar-refractivity contribution is 0.281. The molecule has 1 aliphatic rings. The molecule has 1 N–H and O–H groups in total. The topological polar surface area (TPSA) is 41.1 Å². The van der Waals surface area contributed by atoms with E-state index in [0.29, 0.717) is 5.15 Å². The molecule has 1 aromatic rings. The zero-order chi connectivity index (χ0) is 10.5. The summed E-state index contributed by atoms with van der Waals surface area (Å²) >= 11 is 5.97. The Morgan fingerprint density at radius 2 is 2.13 bits per heavy atom. The normalized spacial score (nSPS) is 18.7. The molecular formula is C10H15ClN4. The molecule has 0 amide bonds. The fourth-order valence-corrected chi connectivity index (χ4v) is 1.89. The number of halogens is 1. The zero-order valence-electron chi connectivity index (χ0n) is 8.62. The number of rotatable bonds is 2. The Bertz CT molecular complexity index is 310. The first-order valence-electron chi connectivity index (χ1n) is 5.25. The van der Waals surface area contributed by atoms with Crippen LogP contribution in [-0.4, -0.2) is 41.0 Å². The highest BCUT2D eigenvalue weighted by Crippen LogP contribution is 2.11. The van der Waals surface area contributed by atoms with Crippen molar-refractivity contribution in [1.29, 1.82) is 0 Å². The van der Waals surface area contributed by atoms with Gasteiger partial charge in [-0.15, -0.1) is 0 Å². The lowest BCUT2D eigenvalue weighted by atomic mass is 10.3. The fourth-order valence-electron chi connectivity index (χ4n) is 1.73. The first-order valence-corrected chi connectivity index (χ1v) is 5.62. The number of aromatic nitrogens is 2. The minimum atomic E-state index is 0.523. The van der Waals surface area contributed by atoms with Crippen LogP contribution in [0, 0.1) is 0 Å². The van der Waals surface area contributed by atoms with Crippen LogP contribution < -0.4 is 5.32 Å². The maximum atomic E-state index is 5.97. The third kappa shape index (κ3) is 3.12. The molecule has 1 saturated heterocycles. The van der Waals surface area contributed by atoms with Gasteiger partial charge in [-0.05, 0) is 19.5 Å². The van der Waals surface area contributed by atoms with Gasteiger partial charge < -0.3 is 5.32 Å². The zero-order valence-corrected chi connectivity index (χ0v) is 9.37. The van der Waals surface area contributed by atoms with Gasteiger partial charge in [0.1, 0.15) is 0 Å². The van der Waals surface area contributed by atoms with E-state index in [1.54, 1.807) is 12.4 Å². The molecule has 0 aliphatic carbocycles. The van der Waals surface area contributed by atoms with Gasteiger partial charge in [0.2, 0.25) is 0 Å². The van der Waals surface area contributed by atoms with E-state index in [9.17, 15) is 0 Å². The first-order chi connectivity index (χ1) is 7.36. The molecule has 0 radical (unpaired) electrons. The van der Waals surface area contributed by atoms with Gasteiger partial charge in [0.05, 0.1) is 5.69 Å². The Labute approximate surface area is 94.7 Å². The highest BCUT2D eigenvalue weighted by Gasteiger charge is 2.11. The van der Waals surface area contributed by atoms with Gasteiger partial charge in [-0.25, -0.2) is 4.98 Å². The highest BCUT2D eigenvalue weighted by atomic mass is 35.5. The van der Waals surface area contributed by atoms with Gasteiger partial charge in [0.15, 0.2) is 5.15 Å². The summed E-state index contributed by atoms with van der Waals surface area (Å²) in [7, 11) is 0. The highest BCUT2D eigenvalue weighted by molar-refractivity contribution is 6.29. The summed E-state index contributed by atoms with van der Waals surface area (Å²) in [6.07, 6.45) is 4.49. The average molecular weight is 227 g/mol. The molecule has 2 rings (SSSR count). The van der Waals surface area contributed by atoms with Crippen molar-refractivity contribution in [3.05, 3.63) is 23.2 Å². The molecule has 0 aromatic carbocycles. The smallest absolute Gasteiger partial charge is 0.151 e. The maximum Gasteiger partial charge on any atom is 0.151 e. The van der Waals surface area contributed by atoms with Gasteiger partial charge in [-0.3, -0.25) is 9.88 Å². The number of nitrogens with zero attached hydrogens (tertiary/aromatic N) is 3. The van der Waals surface area contributed by atoms with Crippen LogP contribution in [0.25, 0.3) is 0 Å². The number of hydrogen-bond acceptors (Lipinski definition) is 4. The van der Waals surface area contributed by atoms with Crippen LogP contribution in [0.5, 0.6) is 0 Å². The fraction of sp³-hybridized carbons (Fsp3) is 0.600. The monoisotopic (exact) mass is 226 g/mol. The van der Waals surface area contributed by atoms with Crippen LogP contribution in [0.3, 0.4) is 0 Å². The molecule has 5 heteroatoms. The minimum Gasteiger partial charge on any atom is -0.315 e. The third-order valence-electron chi connectivity index (χ3n) is 2.53. The number of nitrogens with one attached hydrogen (secondary N) is 1. The quantitative estimate of drug-likeness (QED) is 0.815. The van der Waals surface area contributed by atoms with Crippen LogP contribution in [-0.2, 0) is 6.54 Å². The maximum absolute atomic E-state index is 5.97. The van der Waals surface area contributed by atoms with Gasteiger partial charge in [-0.1, -0.05) is 11.6 Å². The summed E-state index contributed by atoms with van der Waals surface area (Å²) in [6, 6.07) is 0. The van der Waals surface area contributed by atoms with Crippen molar-refractivity contribution in [3.8, 4) is 0 Å². The number of hydrogen-bond donors (Lipinski definition) is 1. The second-order valence-electron chi connectivity index (χ2n) is 3.67. The van der Waals surface area contributed by atoms with Crippen LogP contribution in [0.2, 0.25) is 5.15 Å². The van der Waals surface area contributed by atoms with Gasteiger partial charge >= 0.3 is 0 Å². The van der Waals surface area contributed by atoms with Crippen molar-refractivity contribution in [3.63, 3.8) is 0 Å². The van der Waals surface area contributed by atoms with E-state index in [-0.39, 0.29) is 0 Å². The molecule has 1 fully saturated rings. The third-order valence-corrected chi connectivity index (χ3v) is 2.84. The molecular weight excluding hydrogens is 212 g/mol. The molecule has 0 atom stereocenters. The SMILES string of the molecule is Clc1nccnc1CN1CCCNCC1. The van der Waals surface area contributed by atoms with E-state index < -0.39 is 0 Å². The van der Waals surface area contributed by atoms with Gasteiger partial charge in [0, 0.05) is 32.0 Å². The molecule has 1 aliphatic heterocycles. The molecule has 82 valence electrons. The van der Waals surface area contributed by atoms with Crippen LogP contribution in [0.1, 0.15) is 12.1 Å². The minimum absolute atomic E-state index is 0.523. The molecule has 0 bridgehead atoms. The summed E-state index contributed by atoms with van der Waals surface area (Å²) in [5, 5.41) is 3.89. The molecule has 2 heterocycles. The molecule has 0 spiro atoms. The predicted molar refractivity (Wildman–Crippen MR) is 59.8 cm³/mol. The Hall–Kier alpha value is -0.710. The second-order valence-corrected chi connectivity index (χ2v) is 4.03. The van der Waals surface area contributed by atoms with Gasteiger partial charge in [0.25, 0.3) is 0 Å². The molecule has 0 unspecified atom stereocenters. The average Bonchev–Trinajstić information content (AvgIpc) is 2.50. The summed E-state index contributed by atoms with van der Waals surface area (Å²) in [5.74, 6) is 0. The van der Waals surface area contributed by atoms with Crippen molar-refractivity contribution in [1.82, 2.24) is 20.2 Å². The van der Waals surface area contributed by atoms with E-state index in [1.165, 1.54) is 6.42 Å². The summed E-state index contributed by atoms with van der Waals surface area (Å²) in [4.78, 5) is 10.6. The molecule has 0 saturated carbocycles.